The van der Waals surface area contributed by atoms with Crippen LogP contribution in [0.25, 0.3) is 0 Å². The van der Waals surface area contributed by atoms with Crippen molar-refractivity contribution in [1.29, 1.82) is 0 Å². The number of carbonyl (C=O) groups is 1. The Hall–Kier alpha value is -2.97. The summed E-state index contributed by atoms with van der Waals surface area (Å²) in [6.45, 7) is 11.6. The van der Waals surface area contributed by atoms with Crippen LogP contribution in [-0.4, -0.2) is 48.5 Å². The number of aromatic nitrogens is 1. The lowest BCUT2D eigenvalue weighted by Gasteiger charge is -2.36. The number of hydrogen-bond acceptors (Lipinski definition) is 6. The second-order valence-electron chi connectivity index (χ2n) is 8.14. The fraction of sp³-hybridized carbons (Fsp3) is 0.360. The topological polar surface area (TPSA) is 57.7 Å². The fourth-order valence-electron chi connectivity index (χ4n) is 3.98. The van der Waals surface area contributed by atoms with Crippen LogP contribution in [0.4, 0.5) is 15.8 Å². The third-order valence-electron chi connectivity index (χ3n) is 5.84. The Bertz CT molecular complexity index is 1110. The van der Waals surface area contributed by atoms with Gasteiger partial charge < -0.3 is 19.9 Å². The first-order valence-corrected chi connectivity index (χ1v) is 12.0. The first kappa shape index (κ1) is 23.2. The number of piperazine rings is 1. The highest BCUT2D eigenvalue weighted by Gasteiger charge is 2.19. The van der Waals surface area contributed by atoms with Gasteiger partial charge in [0.25, 0.3) is 5.91 Å². The minimum absolute atomic E-state index is 0.179. The number of thiazole rings is 1. The number of amides is 1. The number of hydrogen-bond donors (Lipinski definition) is 1. The molecule has 6 nitrogen and oxygen atoms in total. The predicted molar refractivity (Wildman–Crippen MR) is 131 cm³/mol. The van der Waals surface area contributed by atoms with Crippen LogP contribution in [0.15, 0.2) is 42.5 Å². The number of nitrogens with zero attached hydrogens (tertiary/aromatic N) is 3. The number of carbonyl (C=O) groups excluding carboxylic acids is 1. The normalized spacial score (nSPS) is 14.4. The molecule has 0 spiro atoms. The maximum atomic E-state index is 13.0. The molecule has 0 unspecified atom stereocenters. The van der Waals surface area contributed by atoms with Crippen LogP contribution < -0.4 is 15.0 Å². The molecular weight excluding hydrogens is 439 g/mol. The van der Waals surface area contributed by atoms with Gasteiger partial charge in [-0.1, -0.05) is 6.92 Å². The molecule has 174 valence electrons. The lowest BCUT2D eigenvalue weighted by atomic mass is 10.1. The monoisotopic (exact) mass is 468 g/mol. The van der Waals surface area contributed by atoms with E-state index in [0.717, 1.165) is 44.0 Å². The smallest absolute Gasteiger partial charge is 0.267 e. The summed E-state index contributed by atoms with van der Waals surface area (Å²) in [5.74, 6) is 0.0670. The van der Waals surface area contributed by atoms with Gasteiger partial charge in [-0.3, -0.25) is 4.79 Å². The average molecular weight is 469 g/mol. The van der Waals surface area contributed by atoms with E-state index in [0.29, 0.717) is 21.3 Å². The lowest BCUT2D eigenvalue weighted by molar-refractivity contribution is 0.103. The zero-order chi connectivity index (χ0) is 23.4. The summed E-state index contributed by atoms with van der Waals surface area (Å²) in [7, 11) is 0. The van der Waals surface area contributed by atoms with Gasteiger partial charge in [-0.15, -0.1) is 11.3 Å². The van der Waals surface area contributed by atoms with Gasteiger partial charge in [0, 0.05) is 37.6 Å². The highest BCUT2D eigenvalue weighted by atomic mass is 32.1. The van der Waals surface area contributed by atoms with Gasteiger partial charge >= 0.3 is 0 Å². The van der Waals surface area contributed by atoms with Crippen LogP contribution in [-0.2, 0) is 6.61 Å². The second-order valence-corrected chi connectivity index (χ2v) is 9.23. The number of anilines is 2. The third-order valence-corrected chi connectivity index (χ3v) is 6.97. The highest BCUT2D eigenvalue weighted by molar-refractivity contribution is 7.13. The fourth-order valence-corrected chi connectivity index (χ4v) is 4.85. The summed E-state index contributed by atoms with van der Waals surface area (Å²) in [4.78, 5) is 22.8. The molecule has 0 atom stereocenters. The van der Waals surface area contributed by atoms with E-state index < -0.39 is 0 Å². The van der Waals surface area contributed by atoms with Crippen molar-refractivity contribution in [1.82, 2.24) is 9.88 Å². The molecule has 2 heterocycles. The van der Waals surface area contributed by atoms with E-state index in [1.807, 2.05) is 19.1 Å². The zero-order valence-corrected chi connectivity index (χ0v) is 20.0. The standard InChI is InChI=1S/C25H29FN4O2S/c1-4-29-11-13-30(14-12-29)22-10-7-20(15-17(22)2)28-25(31)24-18(3)27-23(33-24)16-32-21-8-5-19(26)6-9-21/h5-10,15H,4,11-14,16H2,1-3H3,(H,28,31). The third kappa shape index (κ3) is 5.69. The molecule has 4 rings (SSSR count). The molecule has 1 N–H and O–H groups in total. The van der Waals surface area contributed by atoms with Crippen LogP contribution in [0.3, 0.4) is 0 Å². The molecule has 0 radical (unpaired) electrons. The SMILES string of the molecule is CCN1CCN(c2ccc(NC(=O)c3sc(COc4ccc(F)cc4)nc3C)cc2C)CC1. The highest BCUT2D eigenvalue weighted by Crippen LogP contribution is 2.26. The van der Waals surface area contributed by atoms with Gasteiger partial charge in [0.15, 0.2) is 0 Å². The molecule has 1 amide bonds. The van der Waals surface area contributed by atoms with Crippen LogP contribution >= 0.6 is 11.3 Å². The van der Waals surface area contributed by atoms with Gasteiger partial charge in [0.05, 0.1) is 5.69 Å². The number of nitrogens with one attached hydrogen (secondary N) is 1. The van der Waals surface area contributed by atoms with E-state index in [9.17, 15) is 9.18 Å². The number of benzene rings is 2. The molecular formula is C25H29FN4O2S. The Balaban J connectivity index is 1.38. The molecule has 1 aliphatic rings. The molecule has 2 aromatic carbocycles. The van der Waals surface area contributed by atoms with Crippen molar-refractivity contribution in [2.45, 2.75) is 27.4 Å². The van der Waals surface area contributed by atoms with E-state index in [1.54, 1.807) is 12.1 Å². The number of aryl methyl sites for hydroxylation is 2. The summed E-state index contributed by atoms with van der Waals surface area (Å²) in [6.07, 6.45) is 0. The van der Waals surface area contributed by atoms with Gasteiger partial charge in [-0.05, 0) is 68.4 Å². The van der Waals surface area contributed by atoms with Crippen LogP contribution in [0.5, 0.6) is 5.75 Å². The van der Waals surface area contributed by atoms with E-state index in [-0.39, 0.29) is 18.3 Å². The zero-order valence-electron chi connectivity index (χ0n) is 19.2. The van der Waals surface area contributed by atoms with Crippen molar-refractivity contribution in [3.63, 3.8) is 0 Å². The molecule has 1 saturated heterocycles. The first-order chi connectivity index (χ1) is 15.9. The summed E-state index contributed by atoms with van der Waals surface area (Å²) in [5.41, 5.74) is 3.80. The van der Waals surface area contributed by atoms with E-state index in [2.05, 4.69) is 40.0 Å². The molecule has 8 heteroatoms. The van der Waals surface area contributed by atoms with Crippen LogP contribution in [0.2, 0.25) is 0 Å². The Kier molecular flexibility index (Phi) is 7.25. The maximum absolute atomic E-state index is 13.0. The quantitative estimate of drug-likeness (QED) is 0.536. The average Bonchev–Trinajstić information content (AvgIpc) is 3.19. The summed E-state index contributed by atoms with van der Waals surface area (Å²) in [5, 5.41) is 3.70. The predicted octanol–water partition coefficient (Wildman–Crippen LogP) is 4.87. The van der Waals surface area contributed by atoms with Crippen molar-refractivity contribution in [2.24, 2.45) is 0 Å². The Morgan fingerprint density at radius 2 is 1.85 bits per heavy atom. The molecule has 0 saturated carbocycles. The molecule has 1 aromatic heterocycles. The number of rotatable bonds is 7. The summed E-state index contributed by atoms with van der Waals surface area (Å²) in [6, 6.07) is 11.9. The summed E-state index contributed by atoms with van der Waals surface area (Å²) < 4.78 is 18.7. The molecule has 33 heavy (non-hydrogen) atoms. The van der Waals surface area contributed by atoms with Crippen molar-refractivity contribution in [3.8, 4) is 5.75 Å². The number of ether oxygens (including phenoxy) is 1. The van der Waals surface area contributed by atoms with Gasteiger partial charge in [-0.25, -0.2) is 9.37 Å². The van der Waals surface area contributed by atoms with Gasteiger partial charge in [0.2, 0.25) is 0 Å². The summed E-state index contributed by atoms with van der Waals surface area (Å²) >= 11 is 1.31. The Labute approximate surface area is 198 Å². The Morgan fingerprint density at radius 3 is 2.52 bits per heavy atom. The first-order valence-electron chi connectivity index (χ1n) is 11.2. The second kappa shape index (κ2) is 10.3. The van der Waals surface area contributed by atoms with Crippen molar-refractivity contribution in [3.05, 3.63) is 69.4 Å². The molecule has 0 bridgehead atoms. The van der Waals surface area contributed by atoms with Crippen molar-refractivity contribution >= 4 is 28.6 Å². The maximum Gasteiger partial charge on any atom is 0.267 e. The van der Waals surface area contributed by atoms with E-state index >= 15 is 0 Å². The largest absolute Gasteiger partial charge is 0.486 e. The number of halogens is 1. The van der Waals surface area contributed by atoms with Crippen molar-refractivity contribution in [2.75, 3.05) is 42.9 Å². The minimum Gasteiger partial charge on any atom is -0.486 e. The van der Waals surface area contributed by atoms with Crippen LogP contribution in [0, 0.1) is 19.7 Å². The van der Waals surface area contributed by atoms with Crippen molar-refractivity contribution < 1.29 is 13.9 Å². The Morgan fingerprint density at radius 1 is 1.12 bits per heavy atom. The molecule has 1 fully saturated rings. The lowest BCUT2D eigenvalue weighted by Crippen LogP contribution is -2.46. The molecule has 0 aliphatic carbocycles. The van der Waals surface area contributed by atoms with Gasteiger partial charge in [-0.2, -0.15) is 0 Å². The van der Waals surface area contributed by atoms with E-state index in [1.165, 1.54) is 29.2 Å². The minimum atomic E-state index is -0.311. The van der Waals surface area contributed by atoms with E-state index in [4.69, 9.17) is 4.74 Å². The molecule has 3 aromatic rings. The molecule has 1 aliphatic heterocycles. The number of likely N-dealkylation sites (N-methyl/N-ethyl adjacent to an activating group) is 1. The van der Waals surface area contributed by atoms with Crippen LogP contribution in [0.1, 0.15) is 32.9 Å². The van der Waals surface area contributed by atoms with Gasteiger partial charge in [0.1, 0.15) is 28.1 Å².